The number of urea groups is 1. The highest BCUT2D eigenvalue weighted by Crippen LogP contribution is 2.43. The zero-order valence-electron chi connectivity index (χ0n) is 15.4. The number of benzene rings is 1. The van der Waals surface area contributed by atoms with Gasteiger partial charge in [-0.1, -0.05) is 12.1 Å². The van der Waals surface area contributed by atoms with Crippen molar-refractivity contribution < 1.29 is 4.79 Å². The number of likely N-dealkylation sites (N-methyl/N-ethyl adjacent to an activating group) is 2. The Kier molecular flexibility index (Phi) is 4.20. The van der Waals surface area contributed by atoms with Gasteiger partial charge < -0.3 is 20.1 Å². The molecule has 1 saturated heterocycles. The Morgan fingerprint density at radius 2 is 2.24 bits per heavy atom. The molecule has 134 valence electrons. The zero-order chi connectivity index (χ0) is 17.6. The molecule has 2 N–H and O–H groups in total. The van der Waals surface area contributed by atoms with Crippen LogP contribution >= 0.6 is 0 Å². The summed E-state index contributed by atoms with van der Waals surface area (Å²) in [5.41, 5.74) is 4.13. The molecule has 25 heavy (non-hydrogen) atoms. The number of nitrogens with one attached hydrogen (secondary N) is 2. The van der Waals surface area contributed by atoms with E-state index in [9.17, 15) is 4.79 Å². The number of nitrogens with zero attached hydrogens (tertiary/aromatic N) is 2. The molecule has 5 heteroatoms. The van der Waals surface area contributed by atoms with Crippen LogP contribution in [0.25, 0.3) is 10.9 Å². The maximum atomic E-state index is 12.5. The fraction of sp³-hybridized carbons (Fsp3) is 0.550. The summed E-state index contributed by atoms with van der Waals surface area (Å²) in [6.45, 7) is 6.43. The van der Waals surface area contributed by atoms with Crippen molar-refractivity contribution in [3.63, 3.8) is 0 Å². The van der Waals surface area contributed by atoms with Crippen LogP contribution in [0.5, 0.6) is 0 Å². The van der Waals surface area contributed by atoms with Crippen LogP contribution in [0.4, 0.5) is 4.79 Å². The maximum absolute atomic E-state index is 12.5. The van der Waals surface area contributed by atoms with Gasteiger partial charge in [-0.05, 0) is 50.9 Å². The van der Waals surface area contributed by atoms with E-state index in [1.807, 2.05) is 11.8 Å². The molecule has 5 nitrogen and oxygen atoms in total. The van der Waals surface area contributed by atoms with Gasteiger partial charge in [0.2, 0.25) is 0 Å². The average molecular weight is 340 g/mol. The Bertz CT molecular complexity index is 783. The van der Waals surface area contributed by atoms with E-state index in [4.69, 9.17) is 0 Å². The first-order valence-electron chi connectivity index (χ1n) is 9.47. The van der Waals surface area contributed by atoms with E-state index < -0.39 is 0 Å². The molecule has 1 aromatic heterocycles. The Hall–Kier alpha value is -2.01. The predicted octanol–water partition coefficient (Wildman–Crippen LogP) is 2.93. The SMILES string of the molecule is CCNC(=O)N(CC)C1CC2c3cccc4[nH]cc(c34)C[C@H]2N(C)C1. The van der Waals surface area contributed by atoms with E-state index in [2.05, 4.69) is 53.6 Å². The molecule has 1 aliphatic carbocycles. The smallest absolute Gasteiger partial charge is 0.317 e. The van der Waals surface area contributed by atoms with E-state index >= 15 is 0 Å². The number of H-pyrrole nitrogens is 1. The van der Waals surface area contributed by atoms with E-state index in [1.165, 1.54) is 22.0 Å². The Balaban J connectivity index is 1.68. The van der Waals surface area contributed by atoms with Crippen molar-refractivity contribution >= 4 is 16.9 Å². The number of hydrogen-bond acceptors (Lipinski definition) is 2. The first-order chi connectivity index (χ1) is 12.1. The van der Waals surface area contributed by atoms with Crippen LogP contribution in [0.2, 0.25) is 0 Å². The highest BCUT2D eigenvalue weighted by molar-refractivity contribution is 5.88. The van der Waals surface area contributed by atoms with E-state index in [0.29, 0.717) is 18.5 Å². The number of rotatable bonds is 3. The van der Waals surface area contributed by atoms with Gasteiger partial charge in [-0.2, -0.15) is 0 Å². The minimum Gasteiger partial charge on any atom is -0.361 e. The molecular formula is C20H28N4O. The van der Waals surface area contributed by atoms with Gasteiger partial charge in [0.15, 0.2) is 0 Å². The fourth-order valence-electron chi connectivity index (χ4n) is 4.96. The molecule has 2 amide bonds. The third kappa shape index (κ3) is 2.61. The molecule has 2 unspecified atom stereocenters. The summed E-state index contributed by atoms with van der Waals surface area (Å²) in [7, 11) is 2.22. The van der Waals surface area contributed by atoms with Crippen LogP contribution < -0.4 is 5.32 Å². The van der Waals surface area contributed by atoms with Gasteiger partial charge in [0.25, 0.3) is 0 Å². The molecule has 2 aliphatic rings. The lowest BCUT2D eigenvalue weighted by Gasteiger charge is -2.48. The minimum atomic E-state index is 0.0678. The van der Waals surface area contributed by atoms with Crippen molar-refractivity contribution in [3.05, 3.63) is 35.5 Å². The molecule has 1 aromatic carbocycles. The summed E-state index contributed by atoms with van der Waals surface area (Å²) in [5.74, 6) is 0.485. The Labute approximate surface area is 149 Å². The first kappa shape index (κ1) is 16.5. The lowest BCUT2D eigenvalue weighted by molar-refractivity contribution is 0.0770. The van der Waals surface area contributed by atoms with Gasteiger partial charge in [-0.3, -0.25) is 0 Å². The summed E-state index contributed by atoms with van der Waals surface area (Å²) >= 11 is 0. The highest BCUT2D eigenvalue weighted by atomic mass is 16.2. The molecule has 2 aromatic rings. The normalized spacial score (nSPS) is 25.6. The zero-order valence-corrected chi connectivity index (χ0v) is 15.4. The van der Waals surface area contributed by atoms with E-state index in [1.54, 1.807) is 0 Å². The fourth-order valence-corrected chi connectivity index (χ4v) is 4.96. The molecule has 1 aliphatic heterocycles. The molecule has 3 atom stereocenters. The van der Waals surface area contributed by atoms with Gasteiger partial charge in [0.1, 0.15) is 0 Å². The van der Waals surface area contributed by atoms with Crippen molar-refractivity contribution in [2.24, 2.45) is 0 Å². The quantitative estimate of drug-likeness (QED) is 0.903. The van der Waals surface area contributed by atoms with Crippen molar-refractivity contribution in [2.75, 3.05) is 26.7 Å². The summed E-state index contributed by atoms with van der Waals surface area (Å²) < 4.78 is 0. The molecule has 0 bridgehead atoms. The Morgan fingerprint density at radius 3 is 3.00 bits per heavy atom. The maximum Gasteiger partial charge on any atom is 0.317 e. The number of carbonyl (C=O) groups excluding carboxylic acids is 1. The predicted molar refractivity (Wildman–Crippen MR) is 101 cm³/mol. The number of hydrogen-bond donors (Lipinski definition) is 2. The van der Waals surface area contributed by atoms with Crippen molar-refractivity contribution in [3.8, 4) is 0 Å². The van der Waals surface area contributed by atoms with Gasteiger partial charge >= 0.3 is 6.03 Å². The molecule has 4 rings (SSSR count). The second-order valence-corrected chi connectivity index (χ2v) is 7.41. The number of amides is 2. The topological polar surface area (TPSA) is 51.4 Å². The number of aromatic amines is 1. The lowest BCUT2D eigenvalue weighted by atomic mass is 9.74. The van der Waals surface area contributed by atoms with Gasteiger partial charge in [-0.25, -0.2) is 4.79 Å². The number of fused-ring (bicyclic) bond motifs is 2. The third-order valence-corrected chi connectivity index (χ3v) is 6.07. The summed E-state index contributed by atoms with van der Waals surface area (Å²) in [6, 6.07) is 7.47. The average Bonchev–Trinajstić information content (AvgIpc) is 3.01. The largest absolute Gasteiger partial charge is 0.361 e. The first-order valence-corrected chi connectivity index (χ1v) is 9.47. The third-order valence-electron chi connectivity index (χ3n) is 6.07. The lowest BCUT2D eigenvalue weighted by Crippen LogP contribution is -2.57. The molecule has 0 spiro atoms. The molecular weight excluding hydrogens is 312 g/mol. The number of piperidine rings is 1. The van der Waals surface area contributed by atoms with Crippen LogP contribution in [0.15, 0.2) is 24.4 Å². The van der Waals surface area contributed by atoms with Gasteiger partial charge in [0.05, 0.1) is 0 Å². The molecule has 2 heterocycles. The molecule has 1 fully saturated rings. The van der Waals surface area contributed by atoms with Gasteiger partial charge in [0, 0.05) is 54.7 Å². The second-order valence-electron chi connectivity index (χ2n) is 7.41. The van der Waals surface area contributed by atoms with Crippen LogP contribution in [0.3, 0.4) is 0 Å². The van der Waals surface area contributed by atoms with Crippen LogP contribution in [-0.4, -0.2) is 59.6 Å². The monoisotopic (exact) mass is 340 g/mol. The minimum absolute atomic E-state index is 0.0678. The summed E-state index contributed by atoms with van der Waals surface area (Å²) in [6.07, 6.45) is 4.32. The Morgan fingerprint density at radius 1 is 1.40 bits per heavy atom. The summed E-state index contributed by atoms with van der Waals surface area (Å²) in [4.78, 5) is 20.4. The summed E-state index contributed by atoms with van der Waals surface area (Å²) in [5, 5.41) is 4.39. The van der Waals surface area contributed by atoms with Crippen LogP contribution in [0.1, 0.15) is 37.3 Å². The second kappa shape index (κ2) is 6.37. The van der Waals surface area contributed by atoms with Gasteiger partial charge in [-0.15, -0.1) is 0 Å². The van der Waals surface area contributed by atoms with Crippen molar-refractivity contribution in [1.29, 1.82) is 0 Å². The number of aromatic nitrogens is 1. The van der Waals surface area contributed by atoms with Crippen LogP contribution in [-0.2, 0) is 6.42 Å². The van der Waals surface area contributed by atoms with E-state index in [0.717, 1.165) is 25.9 Å². The number of likely N-dealkylation sites (tertiary alicyclic amines) is 1. The van der Waals surface area contributed by atoms with E-state index in [-0.39, 0.29) is 12.1 Å². The van der Waals surface area contributed by atoms with Crippen molar-refractivity contribution in [1.82, 2.24) is 20.1 Å². The molecule has 0 saturated carbocycles. The highest BCUT2D eigenvalue weighted by Gasteiger charge is 2.41. The standard InChI is InChI=1S/C20H28N4O/c1-4-21-20(25)24(5-2)14-10-16-15-7-6-8-17-19(15)13(11-22-17)9-18(16)23(3)12-14/h6-8,11,14,16,18,22H,4-5,9-10,12H2,1-3H3,(H,21,25)/t14?,16?,18-/m1/s1. The van der Waals surface area contributed by atoms with Crippen LogP contribution in [0, 0.1) is 0 Å². The molecule has 0 radical (unpaired) electrons. The number of carbonyl (C=O) groups is 1. The van der Waals surface area contributed by atoms with Crippen molar-refractivity contribution in [2.45, 2.75) is 44.7 Å².